The summed E-state index contributed by atoms with van der Waals surface area (Å²) in [5, 5.41) is 6.16. The van der Waals surface area contributed by atoms with E-state index in [0.29, 0.717) is 31.1 Å². The predicted octanol–water partition coefficient (Wildman–Crippen LogP) is 3.20. The Bertz CT molecular complexity index is 777. The van der Waals surface area contributed by atoms with E-state index in [1.54, 1.807) is 0 Å². The van der Waals surface area contributed by atoms with E-state index in [9.17, 15) is 9.59 Å². The Morgan fingerprint density at radius 1 is 0.963 bits per heavy atom. The molecule has 6 nitrogen and oxygen atoms in total. The molecule has 0 saturated carbocycles. The molecule has 0 aromatic heterocycles. The number of hydrogen-bond donors (Lipinski definition) is 2. The topological polar surface area (TPSA) is 64.7 Å². The van der Waals surface area contributed by atoms with Crippen molar-refractivity contribution < 1.29 is 9.59 Å². The Balaban J connectivity index is 1.37. The number of benzene rings is 2. The molecule has 7 heteroatoms. The molecule has 0 radical (unpaired) electrons. The minimum Gasteiger partial charge on any atom is -0.368 e. The van der Waals surface area contributed by atoms with Crippen molar-refractivity contribution in [3.63, 3.8) is 0 Å². The second-order valence-corrected chi connectivity index (χ2v) is 6.78. The van der Waals surface area contributed by atoms with Gasteiger partial charge in [0.15, 0.2) is 0 Å². The molecule has 1 aliphatic heterocycles. The van der Waals surface area contributed by atoms with Gasteiger partial charge in [-0.3, -0.25) is 4.79 Å². The first-order valence-electron chi connectivity index (χ1n) is 9.00. The molecule has 0 aliphatic carbocycles. The number of carbonyl (C=O) groups excluding carboxylic acids is 2. The van der Waals surface area contributed by atoms with E-state index < -0.39 is 0 Å². The minimum absolute atomic E-state index is 0.0563. The first-order valence-corrected chi connectivity index (χ1v) is 9.38. The van der Waals surface area contributed by atoms with Crippen molar-refractivity contribution in [2.75, 3.05) is 42.9 Å². The Morgan fingerprint density at radius 3 is 2.41 bits per heavy atom. The smallest absolute Gasteiger partial charge is 0.319 e. The maximum absolute atomic E-state index is 12.3. The molecule has 1 fully saturated rings. The molecule has 3 amide bonds. The quantitative estimate of drug-likeness (QED) is 0.829. The van der Waals surface area contributed by atoms with Crippen molar-refractivity contribution in [2.45, 2.75) is 6.42 Å². The summed E-state index contributed by atoms with van der Waals surface area (Å²) in [7, 11) is 0. The molecule has 2 aromatic carbocycles. The van der Waals surface area contributed by atoms with Gasteiger partial charge < -0.3 is 20.4 Å². The van der Waals surface area contributed by atoms with Crippen molar-refractivity contribution in [3.8, 4) is 0 Å². The van der Waals surface area contributed by atoms with Crippen LogP contribution in [-0.2, 0) is 4.79 Å². The van der Waals surface area contributed by atoms with Crippen molar-refractivity contribution in [1.82, 2.24) is 10.2 Å². The second-order valence-electron chi connectivity index (χ2n) is 6.34. The number of nitrogens with zero attached hydrogens (tertiary/aromatic N) is 2. The standard InChI is InChI=1S/C20H23ClN4O2/c21-16-5-4-8-18(15-16)24-11-13-25(14-12-24)19(26)9-10-22-20(27)23-17-6-2-1-3-7-17/h1-8,15H,9-14H2,(H2,22,23,27). The largest absolute Gasteiger partial charge is 0.368 e. The van der Waals surface area contributed by atoms with Crippen molar-refractivity contribution in [2.24, 2.45) is 0 Å². The number of rotatable bonds is 5. The van der Waals surface area contributed by atoms with Crippen LogP contribution in [0.1, 0.15) is 6.42 Å². The number of urea groups is 1. The number of carbonyl (C=O) groups is 2. The van der Waals surface area contributed by atoms with Crippen LogP contribution < -0.4 is 15.5 Å². The monoisotopic (exact) mass is 386 g/mol. The van der Waals surface area contributed by atoms with Crippen molar-refractivity contribution in [1.29, 1.82) is 0 Å². The molecule has 0 unspecified atom stereocenters. The van der Waals surface area contributed by atoms with Crippen LogP contribution in [0.5, 0.6) is 0 Å². The van der Waals surface area contributed by atoms with Crippen LogP contribution in [0.15, 0.2) is 54.6 Å². The van der Waals surface area contributed by atoms with E-state index >= 15 is 0 Å². The lowest BCUT2D eigenvalue weighted by molar-refractivity contribution is -0.131. The molecule has 1 aliphatic rings. The zero-order valence-electron chi connectivity index (χ0n) is 15.0. The number of piperazine rings is 1. The molecule has 0 atom stereocenters. The third kappa shape index (κ3) is 5.62. The maximum atomic E-state index is 12.3. The molecule has 1 saturated heterocycles. The van der Waals surface area contributed by atoms with Gasteiger partial charge in [-0.05, 0) is 30.3 Å². The van der Waals surface area contributed by atoms with Gasteiger partial charge in [0, 0.05) is 55.5 Å². The third-order valence-electron chi connectivity index (χ3n) is 4.46. The minimum atomic E-state index is -0.306. The van der Waals surface area contributed by atoms with Crippen molar-refractivity contribution in [3.05, 3.63) is 59.6 Å². The molecular formula is C20H23ClN4O2. The van der Waals surface area contributed by atoms with Crippen LogP contribution in [0.25, 0.3) is 0 Å². The van der Waals surface area contributed by atoms with Gasteiger partial charge in [0.25, 0.3) is 0 Å². The normalized spacial score (nSPS) is 14.0. The van der Waals surface area contributed by atoms with E-state index in [1.807, 2.05) is 59.5 Å². The summed E-state index contributed by atoms with van der Waals surface area (Å²) < 4.78 is 0. The van der Waals surface area contributed by atoms with Crippen LogP contribution in [0.3, 0.4) is 0 Å². The van der Waals surface area contributed by atoms with E-state index in [-0.39, 0.29) is 11.9 Å². The first kappa shape index (κ1) is 19.0. The highest BCUT2D eigenvalue weighted by Gasteiger charge is 2.21. The number of amides is 3. The number of anilines is 2. The van der Waals surface area contributed by atoms with Gasteiger partial charge in [0.1, 0.15) is 0 Å². The van der Waals surface area contributed by atoms with E-state index in [0.717, 1.165) is 24.5 Å². The summed E-state index contributed by atoms with van der Waals surface area (Å²) in [5.41, 5.74) is 1.80. The molecule has 2 aromatic rings. The second kappa shape index (κ2) is 9.28. The SMILES string of the molecule is O=C(NCCC(=O)N1CCN(c2cccc(Cl)c2)CC1)Nc1ccccc1. The fraction of sp³-hybridized carbons (Fsp3) is 0.300. The Kier molecular flexibility index (Phi) is 6.54. The molecule has 142 valence electrons. The van der Waals surface area contributed by atoms with Gasteiger partial charge in [-0.25, -0.2) is 4.79 Å². The number of hydrogen-bond acceptors (Lipinski definition) is 3. The number of nitrogens with one attached hydrogen (secondary N) is 2. The van der Waals surface area contributed by atoms with Gasteiger partial charge in [0.2, 0.25) is 5.91 Å². The van der Waals surface area contributed by atoms with Gasteiger partial charge in [0.05, 0.1) is 0 Å². The molecule has 3 rings (SSSR count). The van der Waals surface area contributed by atoms with Crippen molar-refractivity contribution >= 4 is 34.9 Å². The highest BCUT2D eigenvalue weighted by Crippen LogP contribution is 2.20. The van der Waals surface area contributed by atoms with Crippen LogP contribution in [0.4, 0.5) is 16.2 Å². The van der Waals surface area contributed by atoms with Crippen LogP contribution in [0.2, 0.25) is 5.02 Å². The van der Waals surface area contributed by atoms with Gasteiger partial charge in [-0.2, -0.15) is 0 Å². The average Bonchev–Trinajstić information content (AvgIpc) is 2.69. The van der Waals surface area contributed by atoms with Gasteiger partial charge >= 0.3 is 6.03 Å². The summed E-state index contributed by atoms with van der Waals surface area (Å²) in [6.07, 6.45) is 0.291. The van der Waals surface area contributed by atoms with Crippen LogP contribution >= 0.6 is 11.6 Å². The zero-order chi connectivity index (χ0) is 19.1. The van der Waals surface area contributed by atoms with Crippen LogP contribution in [0, 0.1) is 0 Å². The highest BCUT2D eigenvalue weighted by atomic mass is 35.5. The molecule has 0 spiro atoms. The average molecular weight is 387 g/mol. The Labute approximate surface area is 164 Å². The summed E-state index contributed by atoms with van der Waals surface area (Å²) in [6.45, 7) is 3.19. The van der Waals surface area contributed by atoms with Gasteiger partial charge in [-0.1, -0.05) is 35.9 Å². The fourth-order valence-electron chi connectivity index (χ4n) is 3.02. The predicted molar refractivity (Wildman–Crippen MR) is 108 cm³/mol. The summed E-state index contributed by atoms with van der Waals surface area (Å²) >= 11 is 6.05. The summed E-state index contributed by atoms with van der Waals surface area (Å²) in [4.78, 5) is 28.3. The fourth-order valence-corrected chi connectivity index (χ4v) is 3.21. The number of halogens is 1. The molecule has 2 N–H and O–H groups in total. The lowest BCUT2D eigenvalue weighted by Crippen LogP contribution is -2.49. The lowest BCUT2D eigenvalue weighted by Gasteiger charge is -2.36. The van der Waals surface area contributed by atoms with Crippen LogP contribution in [-0.4, -0.2) is 49.6 Å². The summed E-state index contributed by atoms with van der Waals surface area (Å²) in [6, 6.07) is 16.6. The van der Waals surface area contributed by atoms with E-state index in [1.165, 1.54) is 0 Å². The summed E-state index contributed by atoms with van der Waals surface area (Å²) in [5.74, 6) is 0.0563. The highest BCUT2D eigenvalue weighted by molar-refractivity contribution is 6.30. The van der Waals surface area contributed by atoms with E-state index in [2.05, 4.69) is 15.5 Å². The van der Waals surface area contributed by atoms with E-state index in [4.69, 9.17) is 11.6 Å². The third-order valence-corrected chi connectivity index (χ3v) is 4.70. The molecule has 1 heterocycles. The molecular weight excluding hydrogens is 364 g/mol. The Hall–Kier alpha value is -2.73. The zero-order valence-corrected chi connectivity index (χ0v) is 15.8. The molecule has 27 heavy (non-hydrogen) atoms. The van der Waals surface area contributed by atoms with Gasteiger partial charge in [-0.15, -0.1) is 0 Å². The molecule has 0 bridgehead atoms. The maximum Gasteiger partial charge on any atom is 0.319 e. The lowest BCUT2D eigenvalue weighted by atomic mass is 10.2. The first-order chi connectivity index (χ1) is 13.1. The number of para-hydroxylation sites is 1. The Morgan fingerprint density at radius 2 is 1.70 bits per heavy atom.